The number of aromatic nitrogens is 1. The minimum Gasteiger partial charge on any atom is -0.478 e. The number of aryl methyl sites for hydroxylation is 1. The van der Waals surface area contributed by atoms with Gasteiger partial charge in [-0.3, -0.25) is 4.79 Å². The van der Waals surface area contributed by atoms with Gasteiger partial charge in [0.15, 0.2) is 0 Å². The summed E-state index contributed by atoms with van der Waals surface area (Å²) in [6.45, 7) is 6.17. The van der Waals surface area contributed by atoms with Crippen LogP contribution in [-0.2, 0) is 11.2 Å². The molecule has 1 aromatic heterocycles. The van der Waals surface area contributed by atoms with Gasteiger partial charge in [0.05, 0.1) is 12.3 Å². The Bertz CT molecular complexity index is 595. The number of carbonyl (C=O) groups is 1. The van der Waals surface area contributed by atoms with Gasteiger partial charge in [-0.05, 0) is 26.3 Å². The van der Waals surface area contributed by atoms with E-state index in [2.05, 4.69) is 20.9 Å². The lowest BCUT2D eigenvalue weighted by molar-refractivity contribution is -0.117. The number of pyridine rings is 1. The van der Waals surface area contributed by atoms with E-state index in [-0.39, 0.29) is 5.91 Å². The molecule has 1 amide bonds. The molecule has 2 rings (SSSR count). The highest BCUT2D eigenvalue weighted by Gasteiger charge is 2.25. The van der Waals surface area contributed by atoms with E-state index in [9.17, 15) is 4.79 Å². The van der Waals surface area contributed by atoms with E-state index in [0.717, 1.165) is 22.5 Å². The number of nitrogens with zero attached hydrogens (tertiary/aromatic N) is 2. The van der Waals surface area contributed by atoms with E-state index in [4.69, 9.17) is 10.3 Å². The third-order valence-electron chi connectivity index (χ3n) is 3.16. The number of fused-ring (bicyclic) bond motifs is 1. The molecule has 2 heterocycles. The van der Waals surface area contributed by atoms with Gasteiger partial charge in [0.2, 0.25) is 5.88 Å². The van der Waals surface area contributed by atoms with Crippen molar-refractivity contribution < 1.29 is 9.53 Å². The highest BCUT2D eigenvalue weighted by atomic mass is 16.5. The van der Waals surface area contributed by atoms with Crippen LogP contribution in [0.1, 0.15) is 25.0 Å². The van der Waals surface area contributed by atoms with Crippen molar-refractivity contribution in [2.24, 2.45) is 5.22 Å². The second-order valence-corrected chi connectivity index (χ2v) is 4.49. The Labute approximate surface area is 116 Å². The maximum Gasteiger partial charge on any atom is 0.270 e. The van der Waals surface area contributed by atoms with Crippen LogP contribution < -0.4 is 15.5 Å². The summed E-state index contributed by atoms with van der Waals surface area (Å²) in [7, 11) is 0. The van der Waals surface area contributed by atoms with Gasteiger partial charge >= 0.3 is 0 Å². The molecule has 106 valence electrons. The summed E-state index contributed by atoms with van der Waals surface area (Å²) in [4.78, 5) is 16.2. The van der Waals surface area contributed by atoms with Crippen molar-refractivity contribution in [2.75, 3.05) is 11.9 Å². The molecule has 0 bridgehead atoms. The molecular formula is C13H17N5O2. The quantitative estimate of drug-likeness (QED) is 0.578. The van der Waals surface area contributed by atoms with Crippen LogP contribution in [0.5, 0.6) is 5.88 Å². The monoisotopic (exact) mass is 275 g/mol. The minimum absolute atomic E-state index is 0.389. The van der Waals surface area contributed by atoms with E-state index >= 15 is 0 Å². The topological polar surface area (TPSA) is 99.5 Å². The first-order chi connectivity index (χ1) is 9.58. The van der Waals surface area contributed by atoms with Crippen LogP contribution in [0, 0.1) is 12.5 Å². The second kappa shape index (κ2) is 5.68. The molecule has 7 nitrogen and oxygen atoms in total. The second-order valence-electron chi connectivity index (χ2n) is 4.49. The zero-order valence-corrected chi connectivity index (χ0v) is 11.7. The predicted molar refractivity (Wildman–Crippen MR) is 73.5 cm³/mol. The van der Waals surface area contributed by atoms with E-state index in [1.807, 2.05) is 20.8 Å². The van der Waals surface area contributed by atoms with E-state index < -0.39 is 0 Å². The van der Waals surface area contributed by atoms with Crippen molar-refractivity contribution in [3.63, 3.8) is 0 Å². The van der Waals surface area contributed by atoms with E-state index in [1.54, 1.807) is 6.20 Å². The Morgan fingerprint density at radius 3 is 3.00 bits per heavy atom. The first kappa shape index (κ1) is 14.0. The van der Waals surface area contributed by atoms with Crippen molar-refractivity contribution in [3.8, 4) is 5.88 Å². The van der Waals surface area contributed by atoms with Gasteiger partial charge < -0.3 is 10.1 Å². The Morgan fingerprint density at radius 2 is 2.35 bits per heavy atom. The minimum atomic E-state index is -0.389. The molecule has 20 heavy (non-hydrogen) atoms. The van der Waals surface area contributed by atoms with Gasteiger partial charge in [-0.15, -0.1) is 0 Å². The van der Waals surface area contributed by atoms with Gasteiger partial charge in [-0.1, -0.05) is 5.22 Å². The van der Waals surface area contributed by atoms with Crippen molar-refractivity contribution in [2.45, 2.75) is 27.2 Å². The normalized spacial score (nSPS) is 13.3. The van der Waals surface area contributed by atoms with Crippen LogP contribution in [0.2, 0.25) is 0 Å². The number of anilines is 1. The van der Waals surface area contributed by atoms with Gasteiger partial charge in [0.1, 0.15) is 0 Å². The molecular weight excluding hydrogens is 258 g/mol. The van der Waals surface area contributed by atoms with Crippen molar-refractivity contribution in [1.82, 2.24) is 10.4 Å². The van der Waals surface area contributed by atoms with Crippen LogP contribution >= 0.6 is 0 Å². The van der Waals surface area contributed by atoms with Crippen LogP contribution in [0.4, 0.5) is 5.69 Å². The summed E-state index contributed by atoms with van der Waals surface area (Å²) < 4.78 is 5.52. The molecule has 1 aromatic rings. The third-order valence-corrected chi connectivity index (χ3v) is 3.16. The number of nitrogens with one attached hydrogen (secondary N) is 3. The first-order valence-electron chi connectivity index (χ1n) is 6.33. The number of ether oxygens (including phenoxy) is 1. The number of hydrogen-bond donors (Lipinski definition) is 3. The van der Waals surface area contributed by atoms with E-state index in [1.165, 1.54) is 0 Å². The molecule has 0 aromatic carbocycles. The number of hydrogen-bond acceptors (Lipinski definition) is 6. The summed E-state index contributed by atoms with van der Waals surface area (Å²) in [6, 6.07) is 0. The van der Waals surface area contributed by atoms with Gasteiger partial charge in [0.25, 0.3) is 5.91 Å². The first-order valence-corrected chi connectivity index (χ1v) is 6.33. The fourth-order valence-electron chi connectivity index (χ4n) is 2.18. The molecule has 1 aliphatic heterocycles. The summed E-state index contributed by atoms with van der Waals surface area (Å²) in [5, 5.41) is 6.13. The van der Waals surface area contributed by atoms with Crippen molar-refractivity contribution >= 4 is 11.6 Å². The molecule has 0 aliphatic carbocycles. The zero-order chi connectivity index (χ0) is 14.7. The molecule has 1 aliphatic rings. The fourth-order valence-corrected chi connectivity index (χ4v) is 2.18. The lowest BCUT2D eigenvalue weighted by atomic mass is 9.96. The summed E-state index contributed by atoms with van der Waals surface area (Å²) in [6.07, 6.45) is 2.15. The van der Waals surface area contributed by atoms with Crippen molar-refractivity contribution in [3.05, 3.63) is 28.6 Å². The van der Waals surface area contributed by atoms with Crippen LogP contribution in [-0.4, -0.2) is 17.5 Å². The molecule has 0 atom stereocenters. The standard InChI is InChI=1S/C13H17N5O2/c1-4-20-13-10-5-9(12(19)17-18-14)8(3)16-11(10)7(2)6-15-13/h6,16H,4-5H2,1-3H3,(H2,14,17,19). The highest BCUT2D eigenvalue weighted by Crippen LogP contribution is 2.35. The number of rotatable bonds is 4. The highest BCUT2D eigenvalue weighted by molar-refractivity contribution is 5.96. The number of amides is 1. The Hall–Kier alpha value is -2.44. The molecule has 0 radical (unpaired) electrons. The molecule has 7 heteroatoms. The zero-order valence-electron chi connectivity index (χ0n) is 11.7. The number of allylic oxidation sites excluding steroid dienone is 1. The van der Waals surface area contributed by atoms with Gasteiger partial charge in [0, 0.05) is 29.5 Å². The Kier molecular flexibility index (Phi) is 3.97. The molecule has 0 unspecified atom stereocenters. The molecule has 3 N–H and O–H groups in total. The van der Waals surface area contributed by atoms with Crippen LogP contribution in [0.3, 0.4) is 0 Å². The molecule has 0 saturated carbocycles. The van der Waals surface area contributed by atoms with Crippen LogP contribution in [0.15, 0.2) is 22.7 Å². The fraction of sp³-hybridized carbons (Fsp3) is 0.385. The largest absolute Gasteiger partial charge is 0.478 e. The third kappa shape index (κ3) is 2.47. The average molecular weight is 275 g/mol. The summed E-state index contributed by atoms with van der Waals surface area (Å²) >= 11 is 0. The molecule has 0 spiro atoms. The SMILES string of the molecule is CCOc1ncc(C)c2c1CC(C(=O)NN=N)=C(C)N2. The maximum absolute atomic E-state index is 11.9. The van der Waals surface area contributed by atoms with Gasteiger partial charge in [-0.2, -0.15) is 5.53 Å². The Morgan fingerprint density at radius 1 is 1.60 bits per heavy atom. The lowest BCUT2D eigenvalue weighted by Crippen LogP contribution is -2.26. The smallest absolute Gasteiger partial charge is 0.270 e. The lowest BCUT2D eigenvalue weighted by Gasteiger charge is -2.24. The van der Waals surface area contributed by atoms with E-state index in [0.29, 0.717) is 24.5 Å². The predicted octanol–water partition coefficient (Wildman–Crippen LogP) is 2.09. The molecule has 0 saturated heterocycles. The van der Waals surface area contributed by atoms with Crippen molar-refractivity contribution in [1.29, 1.82) is 5.53 Å². The van der Waals surface area contributed by atoms with Crippen LogP contribution in [0.25, 0.3) is 0 Å². The Balaban J connectivity index is 2.43. The maximum atomic E-state index is 11.9. The number of carbonyl (C=O) groups excluding carboxylic acids is 1. The van der Waals surface area contributed by atoms with Gasteiger partial charge in [-0.25, -0.2) is 10.4 Å². The average Bonchev–Trinajstić information content (AvgIpc) is 2.42. The summed E-state index contributed by atoms with van der Waals surface area (Å²) in [5.41, 5.74) is 12.9. The summed E-state index contributed by atoms with van der Waals surface area (Å²) in [5.74, 6) is 0.140. The molecule has 0 fully saturated rings.